The minimum Gasteiger partial charge on any atom is -0.454 e. The number of fused-ring (bicyclic) bond motifs is 1. The second-order valence-electron chi connectivity index (χ2n) is 10.9. The number of nitrogens with one attached hydrogen (secondary N) is 1. The molecule has 0 spiro atoms. The van der Waals surface area contributed by atoms with E-state index in [1.165, 1.54) is 4.31 Å². The lowest BCUT2D eigenvalue weighted by Crippen LogP contribution is -2.51. The molecule has 0 unspecified atom stereocenters. The number of amides is 2. The summed E-state index contributed by atoms with van der Waals surface area (Å²) in [5.41, 5.74) is 2.04. The Balaban J connectivity index is 1.58. The van der Waals surface area contributed by atoms with Gasteiger partial charge in [-0.3, -0.25) is 13.9 Å². The van der Waals surface area contributed by atoms with Gasteiger partial charge in [0, 0.05) is 43.6 Å². The third kappa shape index (κ3) is 8.87. The lowest BCUT2D eigenvalue weighted by atomic mass is 10.0. The van der Waals surface area contributed by atoms with E-state index in [0.717, 1.165) is 11.8 Å². The van der Waals surface area contributed by atoms with E-state index in [1.807, 2.05) is 62.4 Å². The quantitative estimate of drug-likeness (QED) is 0.269. The molecule has 0 aliphatic carbocycles. The molecule has 1 aliphatic rings. The van der Waals surface area contributed by atoms with Crippen molar-refractivity contribution >= 4 is 39.1 Å². The highest BCUT2D eigenvalue weighted by molar-refractivity contribution is 7.92. The maximum Gasteiger partial charge on any atom is 0.243 e. The van der Waals surface area contributed by atoms with Gasteiger partial charge in [-0.05, 0) is 41.7 Å². The third-order valence-electron chi connectivity index (χ3n) is 7.05. The van der Waals surface area contributed by atoms with E-state index in [0.29, 0.717) is 40.7 Å². The van der Waals surface area contributed by atoms with Crippen molar-refractivity contribution in [2.45, 2.75) is 45.7 Å². The van der Waals surface area contributed by atoms with Gasteiger partial charge in [0.05, 0.1) is 11.9 Å². The summed E-state index contributed by atoms with van der Waals surface area (Å²) in [6, 6.07) is 20.9. The lowest BCUT2D eigenvalue weighted by molar-refractivity contribution is -0.141. The number of halogens is 1. The van der Waals surface area contributed by atoms with Crippen molar-refractivity contribution in [3.8, 4) is 11.5 Å². The van der Waals surface area contributed by atoms with E-state index in [1.54, 1.807) is 29.2 Å². The maximum absolute atomic E-state index is 14.0. The standard InChI is InChI=1S/C32H38ClN3O6S/c1-23(2)20-34-32(38)28(18-24-10-5-4-6-11-24)35(21-25-12-7-8-13-27(25)33)31(37)14-9-17-36(43(3,39)40)26-15-16-29-30(19-26)42-22-41-29/h4-8,10-13,15-16,19,23,28H,9,14,17-18,20-22H2,1-3H3,(H,34,38)/t28-/m1/s1. The Morgan fingerprint density at radius 3 is 2.37 bits per heavy atom. The van der Waals surface area contributed by atoms with E-state index in [4.69, 9.17) is 21.1 Å². The largest absolute Gasteiger partial charge is 0.454 e. The summed E-state index contributed by atoms with van der Waals surface area (Å²) in [7, 11) is -3.66. The first kappa shape index (κ1) is 32.2. The Morgan fingerprint density at radius 1 is 0.977 bits per heavy atom. The summed E-state index contributed by atoms with van der Waals surface area (Å²) in [4.78, 5) is 29.1. The summed E-state index contributed by atoms with van der Waals surface area (Å²) in [5, 5.41) is 3.49. The van der Waals surface area contributed by atoms with Crippen molar-refractivity contribution in [3.05, 3.63) is 88.9 Å². The summed E-state index contributed by atoms with van der Waals surface area (Å²) >= 11 is 6.49. The molecule has 1 heterocycles. The number of carbonyl (C=O) groups excluding carboxylic acids is 2. The SMILES string of the molecule is CC(C)CNC(=O)[C@@H](Cc1ccccc1)N(Cc1ccccc1Cl)C(=O)CCCN(c1ccc2c(c1)OCO2)S(C)(=O)=O. The predicted molar refractivity (Wildman–Crippen MR) is 168 cm³/mol. The molecule has 2 amide bonds. The first-order valence-corrected chi connectivity index (χ1v) is 16.5. The maximum atomic E-state index is 14.0. The molecule has 0 aromatic heterocycles. The molecule has 11 heteroatoms. The molecule has 1 aliphatic heterocycles. The smallest absolute Gasteiger partial charge is 0.243 e. The zero-order valence-electron chi connectivity index (χ0n) is 24.7. The molecule has 0 bridgehead atoms. The third-order valence-corrected chi connectivity index (χ3v) is 8.61. The van der Waals surface area contributed by atoms with Crippen LogP contribution in [0.5, 0.6) is 11.5 Å². The van der Waals surface area contributed by atoms with Crippen LogP contribution in [0.15, 0.2) is 72.8 Å². The van der Waals surface area contributed by atoms with Crippen LogP contribution in [0.3, 0.4) is 0 Å². The van der Waals surface area contributed by atoms with Crippen LogP contribution in [0.4, 0.5) is 5.69 Å². The van der Waals surface area contributed by atoms with E-state index in [2.05, 4.69) is 5.32 Å². The number of hydrogen-bond donors (Lipinski definition) is 1. The number of carbonyl (C=O) groups is 2. The van der Waals surface area contributed by atoms with Gasteiger partial charge in [-0.2, -0.15) is 0 Å². The molecule has 9 nitrogen and oxygen atoms in total. The van der Waals surface area contributed by atoms with Crippen LogP contribution in [0.1, 0.15) is 37.8 Å². The van der Waals surface area contributed by atoms with Crippen LogP contribution in [0.2, 0.25) is 5.02 Å². The van der Waals surface area contributed by atoms with Crippen LogP contribution in [0.25, 0.3) is 0 Å². The van der Waals surface area contributed by atoms with Crippen LogP contribution < -0.4 is 19.1 Å². The molecule has 230 valence electrons. The fourth-order valence-electron chi connectivity index (χ4n) is 4.83. The second-order valence-corrected chi connectivity index (χ2v) is 13.2. The van der Waals surface area contributed by atoms with E-state index in [-0.39, 0.29) is 50.5 Å². The van der Waals surface area contributed by atoms with Crippen molar-refractivity contribution in [1.29, 1.82) is 0 Å². The topological polar surface area (TPSA) is 105 Å². The highest BCUT2D eigenvalue weighted by atomic mass is 35.5. The Hall–Kier alpha value is -3.76. The average Bonchev–Trinajstić information content (AvgIpc) is 3.44. The molecule has 43 heavy (non-hydrogen) atoms. The number of rotatable bonds is 14. The average molecular weight is 628 g/mol. The number of anilines is 1. The number of nitrogens with zero attached hydrogens (tertiary/aromatic N) is 2. The number of benzene rings is 3. The van der Waals surface area contributed by atoms with Gasteiger partial charge < -0.3 is 19.7 Å². The summed E-state index contributed by atoms with van der Waals surface area (Å²) in [6.07, 6.45) is 1.68. The van der Waals surface area contributed by atoms with Gasteiger partial charge in [-0.25, -0.2) is 8.42 Å². The molecule has 0 radical (unpaired) electrons. The first-order valence-electron chi connectivity index (χ1n) is 14.2. The molecule has 0 saturated heterocycles. The van der Waals surface area contributed by atoms with Crippen molar-refractivity contribution in [3.63, 3.8) is 0 Å². The van der Waals surface area contributed by atoms with Gasteiger partial charge >= 0.3 is 0 Å². The molecule has 1 atom stereocenters. The van der Waals surface area contributed by atoms with E-state index in [9.17, 15) is 18.0 Å². The molecular weight excluding hydrogens is 590 g/mol. The monoisotopic (exact) mass is 627 g/mol. The summed E-state index contributed by atoms with van der Waals surface area (Å²) in [6.45, 7) is 4.75. The van der Waals surface area contributed by atoms with Gasteiger partial charge in [0.2, 0.25) is 28.6 Å². The fourth-order valence-corrected chi connectivity index (χ4v) is 5.98. The fraction of sp³-hybridized carbons (Fsp3) is 0.375. The minimum atomic E-state index is -3.66. The first-order chi connectivity index (χ1) is 20.5. The number of sulfonamides is 1. The highest BCUT2D eigenvalue weighted by Gasteiger charge is 2.31. The van der Waals surface area contributed by atoms with Crippen LogP contribution in [0, 0.1) is 5.92 Å². The van der Waals surface area contributed by atoms with E-state index >= 15 is 0 Å². The Morgan fingerprint density at radius 2 is 1.67 bits per heavy atom. The zero-order chi connectivity index (χ0) is 31.0. The van der Waals surface area contributed by atoms with Gasteiger partial charge in [0.25, 0.3) is 0 Å². The molecule has 4 rings (SSSR count). The molecule has 3 aromatic rings. The van der Waals surface area contributed by atoms with E-state index < -0.39 is 16.1 Å². The van der Waals surface area contributed by atoms with Crippen LogP contribution in [-0.4, -0.2) is 57.3 Å². The second kappa shape index (κ2) is 14.6. The van der Waals surface area contributed by atoms with Crippen molar-refractivity contribution in [1.82, 2.24) is 10.2 Å². The number of hydrogen-bond acceptors (Lipinski definition) is 6. The van der Waals surface area contributed by atoms with Gasteiger partial charge in [0.15, 0.2) is 11.5 Å². The molecule has 0 saturated carbocycles. The highest BCUT2D eigenvalue weighted by Crippen LogP contribution is 2.36. The van der Waals surface area contributed by atoms with Gasteiger partial charge in [-0.15, -0.1) is 0 Å². The molecular formula is C32H38ClN3O6S. The normalized spacial score (nSPS) is 13.0. The summed E-state index contributed by atoms with van der Waals surface area (Å²) < 4.78 is 37.5. The van der Waals surface area contributed by atoms with Crippen molar-refractivity contribution in [2.75, 3.05) is 30.4 Å². The van der Waals surface area contributed by atoms with Gasteiger partial charge in [0.1, 0.15) is 6.04 Å². The minimum absolute atomic E-state index is 0.0176. The molecule has 1 N–H and O–H groups in total. The predicted octanol–water partition coefficient (Wildman–Crippen LogP) is 5.03. The zero-order valence-corrected chi connectivity index (χ0v) is 26.2. The lowest BCUT2D eigenvalue weighted by Gasteiger charge is -2.32. The van der Waals surface area contributed by atoms with Gasteiger partial charge in [-0.1, -0.05) is 74.0 Å². The van der Waals surface area contributed by atoms with Crippen molar-refractivity contribution in [2.24, 2.45) is 5.92 Å². The van der Waals surface area contributed by atoms with Crippen molar-refractivity contribution < 1.29 is 27.5 Å². The Bertz CT molecular complexity index is 1520. The molecule has 0 fully saturated rings. The number of ether oxygens (including phenoxy) is 2. The van der Waals surface area contributed by atoms with Crippen LogP contribution in [-0.2, 0) is 32.6 Å². The molecule has 3 aromatic carbocycles. The summed E-state index contributed by atoms with van der Waals surface area (Å²) in [5.74, 6) is 0.704. The Labute approximate surface area is 258 Å². The van der Waals surface area contributed by atoms with Crippen LogP contribution >= 0.6 is 11.6 Å². The Kier molecular flexibility index (Phi) is 10.9.